The van der Waals surface area contributed by atoms with Gasteiger partial charge in [0, 0.05) is 24.5 Å². The van der Waals surface area contributed by atoms with Gasteiger partial charge in [0.2, 0.25) is 5.91 Å². The number of ether oxygens (including phenoxy) is 3. The molecular formula is C37H74N2O9S2. The fourth-order valence-corrected chi connectivity index (χ4v) is 7.81. The number of rotatable bonds is 33. The largest absolute Gasteiger partial charge is 0.390 e. The molecular weight excluding hydrogens is 681 g/mol. The summed E-state index contributed by atoms with van der Waals surface area (Å²) in [6.07, 6.45) is 7.39. The van der Waals surface area contributed by atoms with Gasteiger partial charge in [0.1, 0.15) is 30.5 Å². The van der Waals surface area contributed by atoms with Crippen molar-refractivity contribution in [3.8, 4) is 0 Å². The Labute approximate surface area is 311 Å². The van der Waals surface area contributed by atoms with Crippen LogP contribution in [0.25, 0.3) is 0 Å². The van der Waals surface area contributed by atoms with E-state index >= 15 is 0 Å². The number of nitrogens with two attached hydrogens (primary N) is 1. The van der Waals surface area contributed by atoms with Gasteiger partial charge in [-0.2, -0.15) is 23.5 Å². The minimum atomic E-state index is -1.56. The van der Waals surface area contributed by atoms with Crippen LogP contribution in [0.1, 0.15) is 124 Å². The topological polar surface area (TPSA) is 184 Å². The predicted molar refractivity (Wildman–Crippen MR) is 205 cm³/mol. The van der Waals surface area contributed by atoms with Crippen molar-refractivity contribution in [2.45, 2.75) is 172 Å². The van der Waals surface area contributed by atoms with Crippen molar-refractivity contribution < 1.29 is 44.5 Å². The van der Waals surface area contributed by atoms with Crippen molar-refractivity contribution in [3.05, 3.63) is 0 Å². The molecule has 0 aromatic carbocycles. The van der Waals surface area contributed by atoms with Gasteiger partial charge in [0.05, 0.1) is 32.0 Å². The minimum Gasteiger partial charge on any atom is -0.390 e. The monoisotopic (exact) mass is 754 g/mol. The molecule has 298 valence electrons. The summed E-state index contributed by atoms with van der Waals surface area (Å²) < 4.78 is 17.4. The van der Waals surface area contributed by atoms with E-state index in [9.17, 15) is 30.3 Å². The molecule has 1 heterocycles. The Bertz CT molecular complexity index is 806. The highest BCUT2D eigenvalue weighted by Crippen LogP contribution is 2.24. The van der Waals surface area contributed by atoms with Crippen molar-refractivity contribution in [1.29, 1.82) is 0 Å². The third-order valence-corrected chi connectivity index (χ3v) is 11.7. The molecule has 0 saturated carbocycles. The van der Waals surface area contributed by atoms with Crippen molar-refractivity contribution in [3.63, 3.8) is 0 Å². The van der Waals surface area contributed by atoms with Crippen LogP contribution < -0.4 is 11.1 Å². The van der Waals surface area contributed by atoms with Gasteiger partial charge in [-0.1, -0.05) is 104 Å². The van der Waals surface area contributed by atoms with Crippen molar-refractivity contribution in [2.75, 3.05) is 49.4 Å². The molecule has 0 aromatic rings. The quantitative estimate of drug-likeness (QED) is 0.0471. The number of hydrogen-bond donors (Lipinski definition) is 7. The van der Waals surface area contributed by atoms with Crippen molar-refractivity contribution in [2.24, 2.45) is 11.7 Å². The summed E-state index contributed by atoms with van der Waals surface area (Å²) in [6.45, 7) is 7.26. The van der Waals surface area contributed by atoms with Crippen LogP contribution in [0.2, 0.25) is 0 Å². The molecule has 11 nitrogen and oxygen atoms in total. The molecule has 0 aliphatic carbocycles. The average Bonchev–Trinajstić information content (AvgIpc) is 3.11. The van der Waals surface area contributed by atoms with Crippen LogP contribution in [0, 0.1) is 5.92 Å². The zero-order chi connectivity index (χ0) is 37.0. The lowest BCUT2D eigenvalue weighted by atomic mass is 9.98. The van der Waals surface area contributed by atoms with E-state index < -0.39 is 49.0 Å². The van der Waals surface area contributed by atoms with Gasteiger partial charge in [-0.3, -0.25) is 4.79 Å². The fraction of sp³-hybridized carbons (Fsp3) is 0.973. The Morgan fingerprint density at radius 3 is 2.00 bits per heavy atom. The number of thioether (sulfide) groups is 2. The molecule has 8 N–H and O–H groups in total. The molecule has 50 heavy (non-hydrogen) atoms. The summed E-state index contributed by atoms with van der Waals surface area (Å²) in [5.41, 5.74) is 5.55. The van der Waals surface area contributed by atoms with E-state index in [2.05, 4.69) is 19.2 Å². The second-order valence-corrected chi connectivity index (χ2v) is 16.3. The highest BCUT2D eigenvalue weighted by Gasteiger charge is 2.45. The van der Waals surface area contributed by atoms with Crippen LogP contribution in [-0.4, -0.2) is 130 Å². The van der Waals surface area contributed by atoms with E-state index in [4.69, 9.17) is 19.9 Å². The molecule has 0 bridgehead atoms. The van der Waals surface area contributed by atoms with Gasteiger partial charge in [-0.25, -0.2) is 0 Å². The van der Waals surface area contributed by atoms with Crippen LogP contribution >= 0.6 is 23.5 Å². The number of amides is 1. The molecule has 3 unspecified atom stereocenters. The first-order valence-corrected chi connectivity index (χ1v) is 21.9. The lowest BCUT2D eigenvalue weighted by molar-refractivity contribution is -0.304. The molecule has 13 heteroatoms. The number of aliphatic hydroxyl groups excluding tert-OH is 5. The maximum Gasteiger partial charge on any atom is 0.220 e. The van der Waals surface area contributed by atoms with Crippen LogP contribution in [0.4, 0.5) is 0 Å². The predicted octanol–water partition coefficient (Wildman–Crippen LogP) is 4.38. The van der Waals surface area contributed by atoms with Gasteiger partial charge in [-0.15, -0.1) is 0 Å². The molecule has 0 radical (unpaired) electrons. The number of carbonyl (C=O) groups is 1. The second-order valence-electron chi connectivity index (χ2n) is 14.0. The van der Waals surface area contributed by atoms with Gasteiger partial charge < -0.3 is 50.8 Å². The number of unbranched alkanes of at least 4 members (excludes halogenated alkanes) is 12. The highest BCUT2D eigenvalue weighted by molar-refractivity contribution is 8.00. The van der Waals surface area contributed by atoms with Gasteiger partial charge >= 0.3 is 0 Å². The zero-order valence-electron chi connectivity index (χ0n) is 31.4. The Hall–Kier alpha value is -0.190. The average molecular weight is 755 g/mol. The summed E-state index contributed by atoms with van der Waals surface area (Å²) in [6, 6.07) is -0.964. The summed E-state index contributed by atoms with van der Waals surface area (Å²) in [7, 11) is 0. The van der Waals surface area contributed by atoms with E-state index in [0.717, 1.165) is 48.7 Å². The Morgan fingerprint density at radius 2 is 1.40 bits per heavy atom. The fourth-order valence-electron chi connectivity index (χ4n) is 5.88. The van der Waals surface area contributed by atoms with E-state index in [-0.39, 0.29) is 25.5 Å². The SMILES string of the molecule is CCCCCCCCCCCCCC[C@@H](O)[C@@H](O)[C@H](CO[C@H]1OC(COCCSCC(C)CSCCN)[C@H](O)[C@H](O)C1O)NC(=O)CCCC. The van der Waals surface area contributed by atoms with Crippen LogP contribution in [0.15, 0.2) is 0 Å². The van der Waals surface area contributed by atoms with Crippen LogP contribution in [0.5, 0.6) is 0 Å². The first-order valence-electron chi connectivity index (χ1n) is 19.6. The smallest absolute Gasteiger partial charge is 0.220 e. The molecule has 9 atom stereocenters. The number of nitrogens with one attached hydrogen (secondary N) is 1. The Balaban J connectivity index is 2.54. The van der Waals surface area contributed by atoms with Crippen LogP contribution in [-0.2, 0) is 19.0 Å². The lowest BCUT2D eigenvalue weighted by Crippen LogP contribution is -2.60. The molecule has 1 aliphatic rings. The minimum absolute atomic E-state index is 0.00909. The number of hydrogen-bond acceptors (Lipinski definition) is 12. The zero-order valence-corrected chi connectivity index (χ0v) is 33.1. The van der Waals surface area contributed by atoms with E-state index in [0.29, 0.717) is 31.9 Å². The van der Waals surface area contributed by atoms with Gasteiger partial charge in [-0.05, 0) is 30.3 Å². The summed E-state index contributed by atoms with van der Waals surface area (Å²) in [5.74, 6) is 4.07. The molecule has 1 saturated heterocycles. The van der Waals surface area contributed by atoms with Crippen LogP contribution in [0.3, 0.4) is 0 Å². The van der Waals surface area contributed by atoms with Crippen molar-refractivity contribution >= 4 is 29.4 Å². The van der Waals surface area contributed by atoms with E-state index in [1.165, 1.54) is 57.8 Å². The highest BCUT2D eigenvalue weighted by atomic mass is 32.2. The molecule has 0 aromatic heterocycles. The van der Waals surface area contributed by atoms with Gasteiger partial charge in [0.15, 0.2) is 6.29 Å². The maximum atomic E-state index is 12.6. The summed E-state index contributed by atoms with van der Waals surface area (Å²) in [5, 5.41) is 56.4. The Morgan fingerprint density at radius 1 is 0.820 bits per heavy atom. The normalized spacial score (nSPS) is 23.4. The summed E-state index contributed by atoms with van der Waals surface area (Å²) in [4.78, 5) is 12.6. The number of carbonyl (C=O) groups excluding carboxylic acids is 1. The molecule has 1 aliphatic heterocycles. The lowest BCUT2D eigenvalue weighted by Gasteiger charge is -2.40. The summed E-state index contributed by atoms with van der Waals surface area (Å²) >= 11 is 3.64. The third-order valence-electron chi connectivity index (χ3n) is 9.09. The standard InChI is InChI=1S/C37H74N2O9S2/c1-4-6-8-9-10-11-12-13-14-15-16-17-18-30(40)33(42)29(39-32(41)19-7-5-2)24-47-37-36(45)35(44)34(43)31(48-37)25-46-21-23-50-27-28(3)26-49-22-20-38/h28-31,33-37,40,42-45H,4-27,38H2,1-3H3,(H,39,41)/t28?,29-,30+,31?,33-,34-,35-,36?,37-/m0/s1. The maximum absolute atomic E-state index is 12.6. The first-order chi connectivity index (χ1) is 24.2. The number of aliphatic hydroxyl groups is 5. The molecule has 1 fully saturated rings. The molecule has 1 amide bonds. The molecule has 0 spiro atoms. The molecule has 1 rings (SSSR count). The van der Waals surface area contributed by atoms with E-state index in [1.54, 1.807) is 11.8 Å². The second kappa shape index (κ2) is 31.2. The van der Waals surface area contributed by atoms with Crippen molar-refractivity contribution in [1.82, 2.24) is 5.32 Å². The van der Waals surface area contributed by atoms with E-state index in [1.807, 2.05) is 18.7 Å². The Kier molecular flexibility index (Phi) is 29.8. The van der Waals surface area contributed by atoms with Gasteiger partial charge in [0.25, 0.3) is 0 Å². The third kappa shape index (κ3) is 22.1. The first kappa shape index (κ1) is 47.8.